The molecule has 0 saturated carbocycles. The molecule has 0 fully saturated rings. The molecule has 0 unspecified atom stereocenters. The molecule has 11 aromatic carbocycles. The summed E-state index contributed by atoms with van der Waals surface area (Å²) in [5.41, 5.74) is 12.0. The predicted octanol–water partition coefficient (Wildman–Crippen LogP) is 14.8. The Morgan fingerprint density at radius 1 is 0.194 bits per heavy atom. The van der Waals surface area contributed by atoms with E-state index < -0.39 is 0 Å². The van der Waals surface area contributed by atoms with Crippen LogP contribution < -0.4 is 9.13 Å². The van der Waals surface area contributed by atoms with Crippen LogP contribution in [0.25, 0.3) is 120 Å². The molecule has 0 atom stereocenters. The van der Waals surface area contributed by atoms with E-state index in [1.807, 2.05) is 0 Å². The molecule has 0 spiro atoms. The number of aromatic nitrogens is 2. The Morgan fingerprint density at radius 3 is 0.742 bits per heavy atom. The zero-order valence-electron chi connectivity index (χ0n) is 33.8. The van der Waals surface area contributed by atoms with Crippen LogP contribution in [0.4, 0.5) is 0 Å². The largest absolute Gasteiger partial charge is 0.227 e. The van der Waals surface area contributed by atoms with Gasteiger partial charge in [-0.05, 0) is 81.2 Å². The highest BCUT2D eigenvalue weighted by molar-refractivity contribution is 6.20. The highest BCUT2D eigenvalue weighted by Crippen LogP contribution is 2.42. The van der Waals surface area contributed by atoms with Crippen LogP contribution in [-0.4, -0.2) is 0 Å². The molecule has 286 valence electrons. The van der Waals surface area contributed by atoms with Crippen molar-refractivity contribution in [1.29, 1.82) is 0 Å². The lowest BCUT2D eigenvalue weighted by molar-refractivity contribution is -0.540. The lowest BCUT2D eigenvalue weighted by Crippen LogP contribution is -2.36. The second-order valence-corrected chi connectivity index (χ2v) is 16.4. The van der Waals surface area contributed by atoms with Crippen molar-refractivity contribution in [3.05, 3.63) is 231 Å². The summed E-state index contributed by atoms with van der Waals surface area (Å²) in [5, 5.41) is 14.7. The normalized spacial score (nSPS) is 11.9. The van der Waals surface area contributed by atoms with Crippen LogP contribution >= 0.6 is 0 Å². The number of hydrogen-bond donors (Lipinski definition) is 0. The Balaban J connectivity index is 1.18. The molecule has 0 bridgehead atoms. The SMILES string of the molecule is c1ccc(-c2c3ccc4ccccc4c3[n+](-c3ccc(-[n+]4c5c(ccc6ccccc65)c(-c5ccccc5)c5ccc6ccccc6c54)cc3)c3c2ccc2ccccc23)cc1. The summed E-state index contributed by atoms with van der Waals surface area (Å²) < 4.78 is 5.07. The molecule has 2 aromatic heterocycles. The minimum absolute atomic E-state index is 1.11. The summed E-state index contributed by atoms with van der Waals surface area (Å²) in [6, 6.07) is 85.0. The van der Waals surface area contributed by atoms with Gasteiger partial charge < -0.3 is 0 Å². The lowest BCUT2D eigenvalue weighted by Gasteiger charge is -2.16. The van der Waals surface area contributed by atoms with Gasteiger partial charge in [0.15, 0.2) is 0 Å². The first-order valence-electron chi connectivity index (χ1n) is 21.4. The first kappa shape index (κ1) is 34.6. The number of benzene rings is 11. The molecule has 13 aromatic rings. The molecule has 0 saturated heterocycles. The molecular weight excluding hydrogens is 749 g/mol. The van der Waals surface area contributed by atoms with E-state index in [9.17, 15) is 0 Å². The molecule has 62 heavy (non-hydrogen) atoms. The Morgan fingerprint density at radius 2 is 0.452 bits per heavy atom. The first-order chi connectivity index (χ1) is 30.8. The average molecular weight is 787 g/mol. The Kier molecular flexibility index (Phi) is 7.64. The fraction of sp³-hybridized carbons (Fsp3) is 0. The summed E-state index contributed by atoms with van der Waals surface area (Å²) >= 11 is 0. The molecule has 0 radical (unpaired) electrons. The highest BCUT2D eigenvalue weighted by Gasteiger charge is 2.30. The third kappa shape index (κ3) is 5.11. The van der Waals surface area contributed by atoms with Gasteiger partial charge >= 0.3 is 0 Å². The molecule has 0 amide bonds. The summed E-state index contributed by atoms with van der Waals surface area (Å²) in [5.74, 6) is 0. The fourth-order valence-corrected chi connectivity index (χ4v) is 10.4. The van der Waals surface area contributed by atoms with E-state index in [0.29, 0.717) is 0 Å². The van der Waals surface area contributed by atoms with E-state index in [-0.39, 0.29) is 0 Å². The maximum Gasteiger partial charge on any atom is 0.227 e. The van der Waals surface area contributed by atoms with Gasteiger partial charge in [-0.3, -0.25) is 0 Å². The van der Waals surface area contributed by atoms with Crippen molar-refractivity contribution in [2.24, 2.45) is 0 Å². The standard InChI is InChI=1S/C60H38N2/c1-3-19-43(20-4-1)55-51-35-27-39-15-7-11-23-47(39)57(51)61(58-48-24-12-8-16-40(48)28-36-52(55)58)45-31-33-46(34-32-45)62-59-49-25-13-9-17-41(49)29-37-53(59)56(44-21-5-2-6-22-44)54-38-30-42-18-10-14-26-50(42)60(54)62/h1-38H/q+2. The fourth-order valence-electron chi connectivity index (χ4n) is 10.4. The molecular formula is C60H38N2+2. The second kappa shape index (κ2) is 13.7. The molecule has 0 aliphatic rings. The molecule has 13 rings (SSSR count). The van der Waals surface area contributed by atoms with Crippen molar-refractivity contribution in [3.63, 3.8) is 0 Å². The monoisotopic (exact) mass is 786 g/mol. The summed E-state index contributed by atoms with van der Waals surface area (Å²) in [6.45, 7) is 0. The number of nitrogens with zero attached hydrogens (tertiary/aromatic N) is 2. The van der Waals surface area contributed by atoms with Gasteiger partial charge in [-0.2, -0.15) is 9.13 Å². The van der Waals surface area contributed by atoms with Crippen LogP contribution in [-0.2, 0) is 0 Å². The number of rotatable bonds is 4. The van der Waals surface area contributed by atoms with Crippen LogP contribution in [0.2, 0.25) is 0 Å². The maximum atomic E-state index is 2.54. The van der Waals surface area contributed by atoms with Crippen LogP contribution in [0.3, 0.4) is 0 Å². The van der Waals surface area contributed by atoms with Gasteiger partial charge in [0, 0.05) is 35.4 Å². The quantitative estimate of drug-likeness (QED) is 0.0954. The van der Waals surface area contributed by atoms with Crippen LogP contribution in [0.15, 0.2) is 231 Å². The highest BCUT2D eigenvalue weighted by atomic mass is 15.0. The van der Waals surface area contributed by atoms with E-state index in [0.717, 1.165) is 11.4 Å². The van der Waals surface area contributed by atoms with Gasteiger partial charge in [0.25, 0.3) is 0 Å². The van der Waals surface area contributed by atoms with Gasteiger partial charge in [0.2, 0.25) is 33.4 Å². The third-order valence-corrected chi connectivity index (χ3v) is 13.1. The Hall–Kier alpha value is -8.20. The van der Waals surface area contributed by atoms with Crippen molar-refractivity contribution in [1.82, 2.24) is 0 Å². The number of hydrogen-bond acceptors (Lipinski definition) is 0. The third-order valence-electron chi connectivity index (χ3n) is 13.1. The zero-order valence-corrected chi connectivity index (χ0v) is 33.8. The van der Waals surface area contributed by atoms with Crippen molar-refractivity contribution in [2.45, 2.75) is 0 Å². The molecule has 0 aliphatic carbocycles. The van der Waals surface area contributed by atoms with E-state index in [4.69, 9.17) is 0 Å². The van der Waals surface area contributed by atoms with E-state index in [1.54, 1.807) is 0 Å². The minimum atomic E-state index is 1.11. The van der Waals surface area contributed by atoms with Crippen molar-refractivity contribution >= 4 is 86.7 Å². The van der Waals surface area contributed by atoms with E-state index in [2.05, 4.69) is 240 Å². The lowest BCUT2D eigenvalue weighted by atomic mass is 9.91. The number of fused-ring (bicyclic) bond motifs is 12. The molecule has 2 nitrogen and oxygen atoms in total. The summed E-state index contributed by atoms with van der Waals surface area (Å²) in [4.78, 5) is 0. The van der Waals surface area contributed by atoms with Gasteiger partial charge in [-0.1, -0.05) is 158 Å². The number of pyridine rings is 2. The molecule has 0 aliphatic heterocycles. The first-order valence-corrected chi connectivity index (χ1v) is 21.4. The predicted molar refractivity (Wildman–Crippen MR) is 260 cm³/mol. The van der Waals surface area contributed by atoms with Crippen molar-refractivity contribution in [2.75, 3.05) is 0 Å². The smallest absolute Gasteiger partial charge is 0.152 e. The molecule has 2 heterocycles. The van der Waals surface area contributed by atoms with Crippen LogP contribution in [0.1, 0.15) is 0 Å². The van der Waals surface area contributed by atoms with Gasteiger partial charge in [0.05, 0.1) is 43.1 Å². The van der Waals surface area contributed by atoms with Gasteiger partial charge in [-0.15, -0.1) is 0 Å². The van der Waals surface area contributed by atoms with Crippen LogP contribution in [0.5, 0.6) is 0 Å². The Bertz CT molecular complexity index is 3490. The summed E-state index contributed by atoms with van der Waals surface area (Å²) in [6.07, 6.45) is 0. The molecule has 2 heteroatoms. The Labute approximate surface area is 358 Å². The van der Waals surface area contributed by atoms with E-state index in [1.165, 1.54) is 109 Å². The average Bonchev–Trinajstić information content (AvgIpc) is 3.35. The van der Waals surface area contributed by atoms with E-state index >= 15 is 0 Å². The minimum Gasteiger partial charge on any atom is -0.152 e. The second-order valence-electron chi connectivity index (χ2n) is 16.4. The molecule has 0 N–H and O–H groups in total. The zero-order chi connectivity index (χ0) is 40.7. The van der Waals surface area contributed by atoms with Crippen molar-refractivity contribution in [3.8, 4) is 33.6 Å². The van der Waals surface area contributed by atoms with Crippen molar-refractivity contribution < 1.29 is 9.13 Å². The van der Waals surface area contributed by atoms with Crippen LogP contribution in [0, 0.1) is 0 Å². The maximum absolute atomic E-state index is 2.54. The summed E-state index contributed by atoms with van der Waals surface area (Å²) in [7, 11) is 0. The van der Waals surface area contributed by atoms with Gasteiger partial charge in [-0.25, -0.2) is 0 Å². The van der Waals surface area contributed by atoms with Gasteiger partial charge in [0.1, 0.15) is 0 Å². The topological polar surface area (TPSA) is 7.76 Å².